The van der Waals surface area contributed by atoms with Crippen LogP contribution in [0, 0.1) is 19.8 Å². The lowest BCUT2D eigenvalue weighted by Gasteiger charge is -2.27. The second kappa shape index (κ2) is 11.0. The van der Waals surface area contributed by atoms with Crippen LogP contribution in [0.3, 0.4) is 0 Å². The molecule has 1 fully saturated rings. The summed E-state index contributed by atoms with van der Waals surface area (Å²) >= 11 is 0. The second-order valence-electron chi connectivity index (χ2n) is 9.67. The van der Waals surface area contributed by atoms with Gasteiger partial charge in [0.2, 0.25) is 5.95 Å². The normalized spacial score (nSPS) is 17.2. The molecule has 3 aromatic heterocycles. The molecular formula is C28H31N7O3. The Balaban J connectivity index is 1.31. The lowest BCUT2D eigenvalue weighted by Crippen LogP contribution is -2.29. The van der Waals surface area contributed by atoms with E-state index in [-0.39, 0.29) is 12.0 Å². The maximum absolute atomic E-state index is 11.4. The van der Waals surface area contributed by atoms with Gasteiger partial charge in [-0.2, -0.15) is 0 Å². The average Bonchev–Trinajstić information content (AvgIpc) is 3.30. The standard InChI is InChI=1S/C28H31N7O3/c1-17-15-29-28(32-25(17)19-8-5-4-6-9-19)30-16-23-26(33-34-35(23)3)22-12-13-24(18(2)31-22)38-21-11-7-10-20(14-21)27(36)37/h4-6,8-9,12-13,15,20-21H,7,10-11,14,16H2,1-3H3,(H,36,37)(H,29,30,32)/t20?,21-/m0/s1. The monoisotopic (exact) mass is 513 g/mol. The maximum atomic E-state index is 11.4. The minimum Gasteiger partial charge on any atom is -0.489 e. The summed E-state index contributed by atoms with van der Waals surface area (Å²) in [6.45, 7) is 4.29. The highest BCUT2D eigenvalue weighted by Gasteiger charge is 2.28. The van der Waals surface area contributed by atoms with Crippen molar-refractivity contribution < 1.29 is 14.6 Å². The maximum Gasteiger partial charge on any atom is 0.306 e. The van der Waals surface area contributed by atoms with Gasteiger partial charge in [0, 0.05) is 18.8 Å². The Morgan fingerprint density at radius 1 is 1.11 bits per heavy atom. The SMILES string of the molecule is Cc1cnc(NCc2c(-c3ccc(O[C@H]4CCCC(C(=O)O)C4)c(C)n3)nnn2C)nc1-c1ccccc1. The molecule has 1 unspecified atom stereocenters. The van der Waals surface area contributed by atoms with E-state index in [1.54, 1.807) is 4.68 Å². The van der Waals surface area contributed by atoms with E-state index in [0.717, 1.165) is 41.1 Å². The zero-order valence-electron chi connectivity index (χ0n) is 21.8. The van der Waals surface area contributed by atoms with Gasteiger partial charge in [0.1, 0.15) is 11.4 Å². The first-order valence-corrected chi connectivity index (χ1v) is 12.8. The third kappa shape index (κ3) is 5.49. The molecule has 2 atom stereocenters. The number of benzene rings is 1. The Labute approximate surface area is 221 Å². The molecule has 38 heavy (non-hydrogen) atoms. The number of hydrogen-bond acceptors (Lipinski definition) is 8. The number of aromatic nitrogens is 6. The summed E-state index contributed by atoms with van der Waals surface area (Å²) in [5, 5.41) is 21.2. The summed E-state index contributed by atoms with van der Waals surface area (Å²) in [7, 11) is 1.84. The Morgan fingerprint density at radius 3 is 2.68 bits per heavy atom. The van der Waals surface area contributed by atoms with E-state index in [1.165, 1.54) is 0 Å². The van der Waals surface area contributed by atoms with Gasteiger partial charge < -0.3 is 15.2 Å². The third-order valence-electron chi connectivity index (χ3n) is 6.92. The minimum atomic E-state index is -0.750. The molecule has 196 valence electrons. The first-order chi connectivity index (χ1) is 18.4. The van der Waals surface area contributed by atoms with Gasteiger partial charge in [-0.25, -0.2) is 19.6 Å². The number of carboxylic acid groups (broad SMARTS) is 1. The highest BCUT2D eigenvalue weighted by Crippen LogP contribution is 2.30. The summed E-state index contributed by atoms with van der Waals surface area (Å²) in [4.78, 5) is 25.3. The number of rotatable bonds is 8. The molecule has 10 heteroatoms. The first-order valence-electron chi connectivity index (χ1n) is 12.8. The molecule has 0 spiro atoms. The molecule has 4 aromatic rings. The fourth-order valence-electron chi connectivity index (χ4n) is 4.81. The van der Waals surface area contributed by atoms with Crippen LogP contribution in [0.25, 0.3) is 22.6 Å². The molecule has 1 aliphatic rings. The number of nitrogens with one attached hydrogen (secondary N) is 1. The van der Waals surface area contributed by atoms with Crippen LogP contribution in [-0.4, -0.2) is 47.1 Å². The predicted octanol–water partition coefficient (Wildman–Crippen LogP) is 4.59. The fraction of sp³-hybridized carbons (Fsp3) is 0.357. The summed E-state index contributed by atoms with van der Waals surface area (Å²) in [6.07, 6.45) is 4.61. The number of ether oxygens (including phenoxy) is 1. The van der Waals surface area contributed by atoms with E-state index in [2.05, 4.69) is 20.6 Å². The lowest BCUT2D eigenvalue weighted by molar-refractivity contribution is -0.143. The summed E-state index contributed by atoms with van der Waals surface area (Å²) in [6, 6.07) is 13.8. The molecule has 5 rings (SSSR count). The Hall–Kier alpha value is -4.34. The van der Waals surface area contributed by atoms with Crippen LogP contribution >= 0.6 is 0 Å². The molecule has 0 amide bonds. The van der Waals surface area contributed by atoms with Crippen molar-refractivity contribution in [2.45, 2.75) is 52.2 Å². The van der Waals surface area contributed by atoms with Crippen molar-refractivity contribution in [3.63, 3.8) is 0 Å². The molecule has 0 radical (unpaired) electrons. The third-order valence-corrected chi connectivity index (χ3v) is 6.92. The van der Waals surface area contributed by atoms with Gasteiger partial charge in [-0.1, -0.05) is 35.5 Å². The second-order valence-corrected chi connectivity index (χ2v) is 9.67. The van der Waals surface area contributed by atoms with Gasteiger partial charge in [0.05, 0.1) is 41.3 Å². The van der Waals surface area contributed by atoms with Gasteiger partial charge in [-0.05, 0) is 57.2 Å². The zero-order chi connectivity index (χ0) is 26.6. The molecule has 10 nitrogen and oxygen atoms in total. The highest BCUT2D eigenvalue weighted by molar-refractivity contribution is 5.70. The summed E-state index contributed by atoms with van der Waals surface area (Å²) < 4.78 is 7.87. The van der Waals surface area contributed by atoms with Crippen molar-refractivity contribution >= 4 is 11.9 Å². The number of aliphatic carboxylic acids is 1. The quantitative estimate of drug-likeness (QED) is 0.348. The number of pyridine rings is 1. The average molecular weight is 514 g/mol. The molecular weight excluding hydrogens is 482 g/mol. The highest BCUT2D eigenvalue weighted by atomic mass is 16.5. The van der Waals surface area contributed by atoms with Crippen molar-refractivity contribution in [1.82, 2.24) is 29.9 Å². The first kappa shape index (κ1) is 25.3. The van der Waals surface area contributed by atoms with Crippen molar-refractivity contribution in [3.05, 3.63) is 65.6 Å². The van der Waals surface area contributed by atoms with E-state index in [1.807, 2.05) is 69.6 Å². The minimum absolute atomic E-state index is 0.122. The van der Waals surface area contributed by atoms with Crippen LogP contribution < -0.4 is 10.1 Å². The van der Waals surface area contributed by atoms with Crippen LogP contribution in [0.5, 0.6) is 5.75 Å². The lowest BCUT2D eigenvalue weighted by atomic mass is 9.87. The molecule has 3 heterocycles. The molecule has 1 aliphatic carbocycles. The molecule has 0 bridgehead atoms. The Morgan fingerprint density at radius 2 is 1.92 bits per heavy atom. The van der Waals surface area contributed by atoms with Crippen molar-refractivity contribution in [3.8, 4) is 28.4 Å². The zero-order valence-corrected chi connectivity index (χ0v) is 21.8. The number of carbonyl (C=O) groups is 1. The van der Waals surface area contributed by atoms with Crippen LogP contribution in [0.4, 0.5) is 5.95 Å². The Bertz CT molecular complexity index is 1440. The van der Waals surface area contributed by atoms with E-state index >= 15 is 0 Å². The van der Waals surface area contributed by atoms with Crippen LogP contribution in [0.15, 0.2) is 48.7 Å². The van der Waals surface area contributed by atoms with E-state index in [4.69, 9.17) is 14.7 Å². The molecule has 1 saturated carbocycles. The van der Waals surface area contributed by atoms with Gasteiger partial charge >= 0.3 is 5.97 Å². The van der Waals surface area contributed by atoms with Crippen molar-refractivity contribution in [2.75, 3.05) is 5.32 Å². The predicted molar refractivity (Wildman–Crippen MR) is 143 cm³/mol. The van der Waals surface area contributed by atoms with Gasteiger partial charge in [-0.15, -0.1) is 5.10 Å². The largest absolute Gasteiger partial charge is 0.489 e. The molecule has 0 aliphatic heterocycles. The van der Waals surface area contributed by atoms with E-state index < -0.39 is 5.97 Å². The Kier molecular flexibility index (Phi) is 7.30. The number of nitrogens with zero attached hydrogens (tertiary/aromatic N) is 6. The molecule has 2 N–H and O–H groups in total. The summed E-state index contributed by atoms with van der Waals surface area (Å²) in [5.41, 5.74) is 5.82. The number of aryl methyl sites for hydroxylation is 3. The number of hydrogen-bond donors (Lipinski definition) is 2. The van der Waals surface area contributed by atoms with Crippen LogP contribution in [0.2, 0.25) is 0 Å². The smallest absolute Gasteiger partial charge is 0.306 e. The fourth-order valence-corrected chi connectivity index (χ4v) is 4.81. The topological polar surface area (TPSA) is 128 Å². The van der Waals surface area contributed by atoms with E-state index in [9.17, 15) is 9.90 Å². The van der Waals surface area contributed by atoms with Gasteiger partial charge in [0.15, 0.2) is 0 Å². The van der Waals surface area contributed by atoms with Gasteiger partial charge in [0.25, 0.3) is 0 Å². The van der Waals surface area contributed by atoms with Crippen molar-refractivity contribution in [2.24, 2.45) is 13.0 Å². The number of anilines is 1. The summed E-state index contributed by atoms with van der Waals surface area (Å²) in [5.74, 6) is 0.0772. The van der Waals surface area contributed by atoms with Gasteiger partial charge in [-0.3, -0.25) is 4.79 Å². The van der Waals surface area contributed by atoms with Crippen LogP contribution in [-0.2, 0) is 18.4 Å². The molecule has 1 aromatic carbocycles. The van der Waals surface area contributed by atoms with Crippen molar-refractivity contribution in [1.29, 1.82) is 0 Å². The number of carboxylic acids is 1. The molecule has 0 saturated heterocycles. The van der Waals surface area contributed by atoms with E-state index in [0.29, 0.717) is 42.5 Å². The van der Waals surface area contributed by atoms with Crippen LogP contribution in [0.1, 0.15) is 42.6 Å².